The fourth-order valence-electron chi connectivity index (χ4n) is 5.03. The van der Waals surface area contributed by atoms with Gasteiger partial charge in [0, 0.05) is 25.8 Å². The van der Waals surface area contributed by atoms with Crippen LogP contribution in [-0.2, 0) is 20.3 Å². The highest BCUT2D eigenvalue weighted by atomic mass is 32.2. The van der Waals surface area contributed by atoms with Crippen LogP contribution in [0, 0.1) is 0 Å². The zero-order valence-electron chi connectivity index (χ0n) is 19.6. The van der Waals surface area contributed by atoms with Gasteiger partial charge in [-0.2, -0.15) is 4.31 Å². The van der Waals surface area contributed by atoms with Crippen molar-refractivity contribution in [3.63, 3.8) is 0 Å². The number of nitrogens with zero attached hydrogens (tertiary/aromatic N) is 3. The number of likely N-dealkylation sites (N-methyl/N-ethyl adjacent to an activating group) is 1. The molecule has 2 heterocycles. The average molecular weight is 456 g/mol. The third-order valence-electron chi connectivity index (χ3n) is 6.94. The van der Waals surface area contributed by atoms with Crippen LogP contribution in [0.2, 0.25) is 0 Å². The summed E-state index contributed by atoms with van der Waals surface area (Å²) in [4.78, 5) is 8.67. The van der Waals surface area contributed by atoms with Crippen molar-refractivity contribution in [2.45, 2.75) is 63.0 Å². The van der Waals surface area contributed by atoms with Crippen molar-refractivity contribution in [2.75, 3.05) is 25.0 Å². The predicted molar refractivity (Wildman–Crippen MR) is 129 cm³/mol. The number of sulfonamides is 1. The minimum Gasteiger partial charge on any atom is -0.366 e. The van der Waals surface area contributed by atoms with Crippen LogP contribution in [-0.4, -0.2) is 44.3 Å². The van der Waals surface area contributed by atoms with Crippen LogP contribution in [0.25, 0.3) is 0 Å². The molecule has 1 spiro atoms. The number of para-hydroxylation sites is 1. The molecule has 7 heteroatoms. The molecule has 0 fully saturated rings. The van der Waals surface area contributed by atoms with E-state index >= 15 is 0 Å². The molecular weight excluding hydrogens is 422 g/mol. The maximum absolute atomic E-state index is 13.1. The molecule has 0 bridgehead atoms. The molecule has 2 aliphatic heterocycles. The van der Waals surface area contributed by atoms with E-state index in [0.29, 0.717) is 24.4 Å². The number of rotatable bonds is 7. The first kappa shape index (κ1) is 22.8. The molecule has 0 saturated carbocycles. The van der Waals surface area contributed by atoms with Crippen LogP contribution in [0.4, 0.5) is 5.69 Å². The average Bonchev–Trinajstić information content (AvgIpc) is 3.31. The Kier molecular flexibility index (Phi) is 5.84. The molecule has 0 aliphatic carbocycles. The molecule has 32 heavy (non-hydrogen) atoms. The van der Waals surface area contributed by atoms with Gasteiger partial charge in [0.1, 0.15) is 0 Å². The molecular formula is C25H33N3O3S. The molecule has 0 radical (unpaired) electrons. The van der Waals surface area contributed by atoms with E-state index in [9.17, 15) is 8.42 Å². The van der Waals surface area contributed by atoms with Crippen LogP contribution < -0.4 is 4.90 Å². The summed E-state index contributed by atoms with van der Waals surface area (Å²) in [5.74, 6) is 0. The number of fused-ring (bicyclic) bond motifs is 1. The summed E-state index contributed by atoms with van der Waals surface area (Å²) in [5.41, 5.74) is 3.26. The second-order valence-corrected chi connectivity index (χ2v) is 11.2. The summed E-state index contributed by atoms with van der Waals surface area (Å²) in [6.45, 7) is 9.44. The maximum Gasteiger partial charge on any atom is 0.243 e. The van der Waals surface area contributed by atoms with Crippen LogP contribution in [0.3, 0.4) is 0 Å². The van der Waals surface area contributed by atoms with E-state index in [2.05, 4.69) is 49.1 Å². The highest BCUT2D eigenvalue weighted by Gasteiger charge is 2.61. The van der Waals surface area contributed by atoms with Gasteiger partial charge in [-0.25, -0.2) is 8.42 Å². The molecule has 6 nitrogen and oxygen atoms in total. The number of benzene rings is 2. The van der Waals surface area contributed by atoms with Crippen LogP contribution in [0.1, 0.15) is 58.1 Å². The Labute approximate surface area is 191 Å². The number of anilines is 1. The molecule has 2 aromatic rings. The van der Waals surface area contributed by atoms with Crippen molar-refractivity contribution >= 4 is 21.4 Å². The molecule has 1 atom stereocenters. The Morgan fingerprint density at radius 1 is 1.03 bits per heavy atom. The predicted octanol–water partition coefficient (Wildman–Crippen LogP) is 4.75. The third-order valence-corrected chi connectivity index (χ3v) is 8.86. The van der Waals surface area contributed by atoms with E-state index in [4.69, 9.17) is 4.84 Å². The molecule has 0 saturated heterocycles. The Hall–Kier alpha value is -2.38. The quantitative estimate of drug-likeness (QED) is 0.605. The highest BCUT2D eigenvalue weighted by molar-refractivity contribution is 7.89. The van der Waals surface area contributed by atoms with Crippen molar-refractivity contribution in [3.8, 4) is 0 Å². The van der Waals surface area contributed by atoms with Gasteiger partial charge in [0.15, 0.2) is 0 Å². The Morgan fingerprint density at radius 3 is 2.25 bits per heavy atom. The summed E-state index contributed by atoms with van der Waals surface area (Å²) in [7, 11) is -1.44. The highest BCUT2D eigenvalue weighted by Crippen LogP contribution is 2.55. The lowest BCUT2D eigenvalue weighted by atomic mass is 9.75. The number of hydrogen-bond acceptors (Lipinski definition) is 5. The Balaban J connectivity index is 1.59. The zero-order valence-corrected chi connectivity index (χ0v) is 20.4. The number of oxime groups is 1. The van der Waals surface area contributed by atoms with Gasteiger partial charge in [0.2, 0.25) is 15.7 Å². The Morgan fingerprint density at radius 2 is 1.66 bits per heavy atom. The van der Waals surface area contributed by atoms with Gasteiger partial charge in [0.25, 0.3) is 0 Å². The largest absolute Gasteiger partial charge is 0.366 e. The lowest BCUT2D eigenvalue weighted by Crippen LogP contribution is -2.54. The van der Waals surface area contributed by atoms with E-state index in [1.807, 2.05) is 32.0 Å². The van der Waals surface area contributed by atoms with E-state index < -0.39 is 15.7 Å². The molecule has 0 unspecified atom stereocenters. The summed E-state index contributed by atoms with van der Waals surface area (Å²) >= 11 is 0. The van der Waals surface area contributed by atoms with Gasteiger partial charge >= 0.3 is 0 Å². The van der Waals surface area contributed by atoms with Crippen molar-refractivity contribution in [1.82, 2.24) is 4.31 Å². The second kappa shape index (κ2) is 8.19. The van der Waals surface area contributed by atoms with Gasteiger partial charge < -0.3 is 9.74 Å². The fraction of sp³-hybridized carbons (Fsp3) is 0.480. The van der Waals surface area contributed by atoms with Crippen molar-refractivity contribution in [3.05, 3.63) is 59.7 Å². The number of hydrogen-bond donors (Lipinski definition) is 0. The van der Waals surface area contributed by atoms with Crippen molar-refractivity contribution < 1.29 is 13.3 Å². The van der Waals surface area contributed by atoms with Gasteiger partial charge in [-0.05, 0) is 56.0 Å². The molecule has 4 rings (SSSR count). The minimum absolute atomic E-state index is 0.256. The minimum atomic E-state index is -3.50. The van der Waals surface area contributed by atoms with Gasteiger partial charge in [-0.3, -0.25) is 0 Å². The Bertz CT molecular complexity index is 1120. The van der Waals surface area contributed by atoms with Gasteiger partial charge in [-0.1, -0.05) is 49.3 Å². The molecule has 0 N–H and O–H groups in total. The first-order chi connectivity index (χ1) is 15.2. The van der Waals surface area contributed by atoms with E-state index in [1.165, 1.54) is 5.56 Å². The standard InChI is InChI=1S/C25H33N3O3S/c1-6-16-28(17-7-2)32(29,30)20-14-12-19(13-15-20)22-18-25(31-26-22)24(3,4)21-10-8-9-11-23(21)27(25)5/h8-15H,6-7,16-18H2,1-5H3/t25-/m0/s1. The second-order valence-electron chi connectivity index (χ2n) is 9.22. The summed E-state index contributed by atoms with van der Waals surface area (Å²) in [5, 5.41) is 4.47. The topological polar surface area (TPSA) is 62.2 Å². The fourth-order valence-corrected chi connectivity index (χ4v) is 6.65. The first-order valence-corrected chi connectivity index (χ1v) is 12.8. The summed E-state index contributed by atoms with van der Waals surface area (Å²) in [6, 6.07) is 15.4. The van der Waals surface area contributed by atoms with Crippen LogP contribution in [0.15, 0.2) is 58.6 Å². The van der Waals surface area contributed by atoms with Crippen LogP contribution in [0.5, 0.6) is 0 Å². The maximum atomic E-state index is 13.1. The normalized spacial score (nSPS) is 21.7. The lowest BCUT2D eigenvalue weighted by Gasteiger charge is -2.40. The van der Waals surface area contributed by atoms with Gasteiger partial charge in [0.05, 0.1) is 22.4 Å². The smallest absolute Gasteiger partial charge is 0.243 e. The molecule has 0 aromatic heterocycles. The van der Waals surface area contributed by atoms with E-state index in [0.717, 1.165) is 29.8 Å². The van der Waals surface area contributed by atoms with E-state index in [1.54, 1.807) is 16.4 Å². The molecule has 2 aromatic carbocycles. The third kappa shape index (κ3) is 3.33. The zero-order chi connectivity index (χ0) is 23.1. The van der Waals surface area contributed by atoms with Crippen molar-refractivity contribution in [2.24, 2.45) is 5.16 Å². The SMILES string of the molecule is CCCN(CCC)S(=O)(=O)c1ccc(C2=NO[C@]3(C2)N(C)c2ccccc2C3(C)C)cc1. The summed E-state index contributed by atoms with van der Waals surface area (Å²) < 4.78 is 27.7. The van der Waals surface area contributed by atoms with Crippen molar-refractivity contribution in [1.29, 1.82) is 0 Å². The summed E-state index contributed by atoms with van der Waals surface area (Å²) in [6.07, 6.45) is 2.20. The van der Waals surface area contributed by atoms with E-state index in [-0.39, 0.29) is 5.41 Å². The van der Waals surface area contributed by atoms with Crippen LogP contribution >= 0.6 is 0 Å². The first-order valence-electron chi connectivity index (χ1n) is 11.4. The lowest BCUT2D eigenvalue weighted by molar-refractivity contribution is -0.0591. The molecule has 172 valence electrons. The molecule has 0 amide bonds. The monoisotopic (exact) mass is 455 g/mol. The molecule has 2 aliphatic rings. The van der Waals surface area contributed by atoms with Gasteiger partial charge in [-0.15, -0.1) is 0 Å².